The van der Waals surface area contributed by atoms with Crippen LogP contribution in [0.4, 0.5) is 0 Å². The largest absolute Gasteiger partial charge is 0.399 e. The zero-order chi connectivity index (χ0) is 6.41. The first-order valence-corrected chi connectivity index (χ1v) is 2.89. The third-order valence-electron chi connectivity index (χ3n) is 0.904. The molecule has 0 radical (unpaired) electrons. The van der Waals surface area contributed by atoms with Crippen molar-refractivity contribution in [1.82, 2.24) is 0 Å². The molecule has 0 atom stereocenters. The second-order valence-corrected chi connectivity index (χ2v) is 1.70. The van der Waals surface area contributed by atoms with E-state index in [1.54, 1.807) is 6.08 Å². The van der Waals surface area contributed by atoms with E-state index < -0.39 is 0 Å². The molecule has 0 amide bonds. The molecular formula is C7H13N. The van der Waals surface area contributed by atoms with Crippen LogP contribution in [0.25, 0.3) is 0 Å². The fourth-order valence-electron chi connectivity index (χ4n) is 0.394. The van der Waals surface area contributed by atoms with Crippen LogP contribution in [0.15, 0.2) is 24.4 Å². The molecule has 0 heterocycles. The highest BCUT2D eigenvalue weighted by Crippen LogP contribution is 1.91. The van der Waals surface area contributed by atoms with Gasteiger partial charge < -0.3 is 5.73 Å². The van der Waals surface area contributed by atoms with E-state index in [0.717, 1.165) is 18.5 Å². The second kappa shape index (κ2) is 4.44. The van der Waals surface area contributed by atoms with Crippen molar-refractivity contribution in [2.75, 3.05) is 0 Å². The summed E-state index contributed by atoms with van der Waals surface area (Å²) in [6, 6.07) is 0. The van der Waals surface area contributed by atoms with Gasteiger partial charge in [-0.1, -0.05) is 26.0 Å². The number of hydrogen-bond acceptors (Lipinski definition) is 1. The molecule has 1 heteroatoms. The van der Waals surface area contributed by atoms with Gasteiger partial charge in [-0.3, -0.25) is 0 Å². The lowest BCUT2D eigenvalue weighted by atomic mass is 10.3. The van der Waals surface area contributed by atoms with E-state index >= 15 is 0 Å². The number of nitrogens with two attached hydrogens (primary N) is 1. The fourth-order valence-corrected chi connectivity index (χ4v) is 0.394. The molecule has 0 bridgehead atoms. The molecule has 0 saturated carbocycles. The first kappa shape index (κ1) is 7.28. The quantitative estimate of drug-likeness (QED) is 0.552. The van der Waals surface area contributed by atoms with E-state index in [-0.39, 0.29) is 0 Å². The third kappa shape index (κ3) is 3.47. The summed E-state index contributed by atoms with van der Waals surface area (Å²) in [7, 11) is 0. The van der Waals surface area contributed by atoms with Gasteiger partial charge in [0.15, 0.2) is 0 Å². The maximum Gasteiger partial charge on any atom is 0.0267 e. The molecule has 8 heavy (non-hydrogen) atoms. The van der Waals surface area contributed by atoms with Gasteiger partial charge in [0.1, 0.15) is 0 Å². The first-order valence-electron chi connectivity index (χ1n) is 2.89. The number of hydrogen-bond donors (Lipinski definition) is 1. The Kier molecular flexibility index (Phi) is 4.04. The van der Waals surface area contributed by atoms with Crippen LogP contribution < -0.4 is 5.73 Å². The number of unbranched alkanes of at least 4 members (excludes halogenated alkanes) is 1. The molecule has 0 saturated heterocycles. The lowest BCUT2D eigenvalue weighted by Gasteiger charge is -1.87. The topological polar surface area (TPSA) is 26.0 Å². The van der Waals surface area contributed by atoms with Crippen molar-refractivity contribution in [1.29, 1.82) is 0 Å². The van der Waals surface area contributed by atoms with E-state index in [1.165, 1.54) is 0 Å². The van der Waals surface area contributed by atoms with Crippen molar-refractivity contribution in [2.45, 2.75) is 19.8 Å². The molecule has 0 fully saturated rings. The highest BCUT2D eigenvalue weighted by atomic mass is 14.5. The van der Waals surface area contributed by atoms with Crippen LogP contribution in [0.2, 0.25) is 0 Å². The molecule has 46 valence electrons. The van der Waals surface area contributed by atoms with Crippen LogP contribution >= 0.6 is 0 Å². The Labute approximate surface area is 50.9 Å². The Morgan fingerprint density at radius 3 is 2.75 bits per heavy atom. The van der Waals surface area contributed by atoms with Crippen molar-refractivity contribution in [3.05, 3.63) is 24.4 Å². The molecule has 0 aliphatic rings. The molecule has 0 rings (SSSR count). The van der Waals surface area contributed by atoms with Crippen LogP contribution in [0.1, 0.15) is 19.8 Å². The van der Waals surface area contributed by atoms with Gasteiger partial charge in [-0.15, -0.1) is 0 Å². The maximum absolute atomic E-state index is 5.40. The van der Waals surface area contributed by atoms with Crippen LogP contribution in [0.5, 0.6) is 0 Å². The summed E-state index contributed by atoms with van der Waals surface area (Å²) in [5.41, 5.74) is 6.19. The van der Waals surface area contributed by atoms with Gasteiger partial charge in [-0.05, 0) is 12.5 Å². The van der Waals surface area contributed by atoms with Crippen molar-refractivity contribution in [2.24, 2.45) is 5.73 Å². The zero-order valence-corrected chi connectivity index (χ0v) is 5.35. The minimum absolute atomic E-state index is 0.784. The fraction of sp³-hybridized carbons (Fsp3) is 0.429. The minimum Gasteiger partial charge on any atom is -0.399 e. The monoisotopic (exact) mass is 111 g/mol. The van der Waals surface area contributed by atoms with Crippen molar-refractivity contribution in [3.8, 4) is 0 Å². The predicted octanol–water partition coefficient (Wildman–Crippen LogP) is 1.82. The predicted molar refractivity (Wildman–Crippen MR) is 37.4 cm³/mol. The Hall–Kier alpha value is -0.720. The average molecular weight is 111 g/mol. The molecule has 1 nitrogen and oxygen atoms in total. The third-order valence-corrected chi connectivity index (χ3v) is 0.904. The number of allylic oxidation sites excluding steroid dienone is 2. The van der Waals surface area contributed by atoms with Gasteiger partial charge in [0, 0.05) is 5.70 Å². The summed E-state index contributed by atoms with van der Waals surface area (Å²) in [5.74, 6) is 0. The number of rotatable bonds is 3. The lowest BCUT2D eigenvalue weighted by Crippen LogP contribution is -1.90. The molecule has 0 aromatic rings. The normalized spacial score (nSPS) is 11.4. The van der Waals surface area contributed by atoms with Gasteiger partial charge in [-0.2, -0.15) is 0 Å². The zero-order valence-electron chi connectivity index (χ0n) is 5.35. The molecule has 2 N–H and O–H groups in total. The van der Waals surface area contributed by atoms with E-state index in [0.29, 0.717) is 0 Å². The summed E-state index contributed by atoms with van der Waals surface area (Å²) < 4.78 is 0. The molecule has 0 aromatic heterocycles. The highest BCUT2D eigenvalue weighted by molar-refractivity contribution is 5.10. The molecule has 0 aromatic carbocycles. The first-order chi connectivity index (χ1) is 3.81. The Morgan fingerprint density at radius 2 is 2.38 bits per heavy atom. The smallest absolute Gasteiger partial charge is 0.0267 e. The Bertz CT molecular complexity index is 92.6. The molecular weight excluding hydrogens is 98.1 g/mol. The maximum atomic E-state index is 5.40. The van der Waals surface area contributed by atoms with Crippen molar-refractivity contribution >= 4 is 0 Å². The van der Waals surface area contributed by atoms with Gasteiger partial charge >= 0.3 is 0 Å². The van der Waals surface area contributed by atoms with E-state index in [2.05, 4.69) is 13.5 Å². The summed E-state index contributed by atoms with van der Waals surface area (Å²) in [6.07, 6.45) is 5.84. The van der Waals surface area contributed by atoms with E-state index in [4.69, 9.17) is 5.73 Å². The van der Waals surface area contributed by atoms with E-state index in [9.17, 15) is 0 Å². The summed E-state index contributed by atoms with van der Waals surface area (Å²) >= 11 is 0. The average Bonchev–Trinajstić information content (AvgIpc) is 1.83. The highest BCUT2D eigenvalue weighted by Gasteiger charge is 1.76. The summed E-state index contributed by atoms with van der Waals surface area (Å²) in [4.78, 5) is 0. The van der Waals surface area contributed by atoms with Crippen LogP contribution in [0.3, 0.4) is 0 Å². The van der Waals surface area contributed by atoms with Crippen molar-refractivity contribution in [3.63, 3.8) is 0 Å². The van der Waals surface area contributed by atoms with Gasteiger partial charge in [0.25, 0.3) is 0 Å². The molecule has 0 aliphatic heterocycles. The standard InChI is InChI=1S/C7H13N/c1-3-5-6-7(8)4-2/h4,6H,2-3,5,8H2,1H3/b7-6-. The van der Waals surface area contributed by atoms with Crippen LogP contribution in [0, 0.1) is 0 Å². The van der Waals surface area contributed by atoms with Crippen LogP contribution in [-0.2, 0) is 0 Å². The Balaban J connectivity index is 3.40. The minimum atomic E-state index is 0.784. The van der Waals surface area contributed by atoms with Gasteiger partial charge in [0.05, 0.1) is 0 Å². The molecule has 0 unspecified atom stereocenters. The molecule has 0 spiro atoms. The van der Waals surface area contributed by atoms with Gasteiger partial charge in [-0.25, -0.2) is 0 Å². The van der Waals surface area contributed by atoms with Crippen molar-refractivity contribution < 1.29 is 0 Å². The SMILES string of the molecule is C=C/C(N)=C/CCC. The van der Waals surface area contributed by atoms with E-state index in [1.807, 2.05) is 6.08 Å². The second-order valence-electron chi connectivity index (χ2n) is 1.70. The molecule has 0 aliphatic carbocycles. The Morgan fingerprint density at radius 1 is 1.75 bits per heavy atom. The lowest BCUT2D eigenvalue weighted by molar-refractivity contribution is 0.950. The summed E-state index contributed by atoms with van der Waals surface area (Å²) in [5, 5.41) is 0. The van der Waals surface area contributed by atoms with Crippen LogP contribution in [-0.4, -0.2) is 0 Å². The van der Waals surface area contributed by atoms with Gasteiger partial charge in [0.2, 0.25) is 0 Å². The summed E-state index contributed by atoms with van der Waals surface area (Å²) in [6.45, 7) is 5.64.